The first kappa shape index (κ1) is 15.0. The van der Waals surface area contributed by atoms with Crippen LogP contribution in [0, 0.1) is 0 Å². The molecule has 0 aromatic heterocycles. The number of halogens is 2. The predicted molar refractivity (Wildman–Crippen MR) is 58.7 cm³/mol. The van der Waals surface area contributed by atoms with Crippen molar-refractivity contribution in [3.63, 3.8) is 0 Å². The van der Waals surface area contributed by atoms with Crippen LogP contribution >= 0.6 is 24.8 Å². The van der Waals surface area contributed by atoms with Gasteiger partial charge in [-0.15, -0.1) is 24.8 Å². The maximum atomic E-state index is 3.41. The Morgan fingerprint density at radius 3 is 2.42 bits per heavy atom. The molecule has 0 radical (unpaired) electrons. The number of nitrogens with one attached hydrogen (secondary N) is 1. The minimum Gasteiger partial charge on any atom is -0.314 e. The molecule has 0 aliphatic carbocycles. The fourth-order valence-corrected chi connectivity index (χ4v) is 1.62. The number of rotatable bonds is 2. The van der Waals surface area contributed by atoms with Crippen molar-refractivity contribution >= 4 is 24.8 Å². The summed E-state index contributed by atoms with van der Waals surface area (Å²) in [6.45, 7) is 9.30. The largest absolute Gasteiger partial charge is 0.314 e. The average molecular weight is 215 g/mol. The van der Waals surface area contributed by atoms with Gasteiger partial charge in [-0.05, 0) is 13.0 Å². The Bertz CT molecular complexity index is 89.1. The van der Waals surface area contributed by atoms with Gasteiger partial charge < -0.3 is 5.32 Å². The summed E-state index contributed by atoms with van der Waals surface area (Å²) in [6.07, 6.45) is 1.28. The molecule has 1 saturated heterocycles. The van der Waals surface area contributed by atoms with Crippen molar-refractivity contribution in [3.05, 3.63) is 0 Å². The fourth-order valence-electron chi connectivity index (χ4n) is 1.62. The van der Waals surface area contributed by atoms with Gasteiger partial charge in [0.15, 0.2) is 0 Å². The maximum absolute atomic E-state index is 3.41. The van der Waals surface area contributed by atoms with E-state index in [1.165, 1.54) is 32.6 Å². The van der Waals surface area contributed by atoms with Crippen molar-refractivity contribution in [2.45, 2.75) is 26.3 Å². The Hall–Kier alpha value is 0.500. The highest BCUT2D eigenvalue weighted by molar-refractivity contribution is 5.85. The Balaban J connectivity index is 0. The molecule has 0 saturated carbocycles. The van der Waals surface area contributed by atoms with E-state index in [0.717, 1.165) is 6.04 Å². The van der Waals surface area contributed by atoms with E-state index >= 15 is 0 Å². The zero-order chi connectivity index (χ0) is 7.40. The highest BCUT2D eigenvalue weighted by atomic mass is 35.5. The average Bonchev–Trinajstić information content (AvgIpc) is 2.04. The topological polar surface area (TPSA) is 15.3 Å². The molecule has 2 nitrogen and oxygen atoms in total. The summed E-state index contributed by atoms with van der Waals surface area (Å²) >= 11 is 0. The van der Waals surface area contributed by atoms with Crippen LogP contribution in [0.25, 0.3) is 0 Å². The molecular formula is C8H20Cl2N2. The second-order valence-corrected chi connectivity index (χ2v) is 2.89. The first-order valence-corrected chi connectivity index (χ1v) is 4.33. The molecule has 1 N–H and O–H groups in total. The Labute approximate surface area is 87.9 Å². The lowest BCUT2D eigenvalue weighted by molar-refractivity contribution is 0.165. The van der Waals surface area contributed by atoms with Crippen LogP contribution < -0.4 is 5.32 Å². The number of hydrogen-bond donors (Lipinski definition) is 1. The molecule has 76 valence electrons. The first-order valence-electron chi connectivity index (χ1n) is 4.33. The molecule has 0 amide bonds. The van der Waals surface area contributed by atoms with Crippen LogP contribution in [0.3, 0.4) is 0 Å². The monoisotopic (exact) mass is 214 g/mol. The van der Waals surface area contributed by atoms with E-state index in [2.05, 4.69) is 24.1 Å². The summed E-state index contributed by atoms with van der Waals surface area (Å²) in [7, 11) is 0. The van der Waals surface area contributed by atoms with Crippen LogP contribution in [0.4, 0.5) is 0 Å². The molecular weight excluding hydrogens is 195 g/mol. The van der Waals surface area contributed by atoms with Gasteiger partial charge in [0, 0.05) is 25.7 Å². The molecule has 1 aliphatic heterocycles. The maximum Gasteiger partial charge on any atom is 0.0218 e. The second-order valence-electron chi connectivity index (χ2n) is 2.89. The van der Waals surface area contributed by atoms with Crippen LogP contribution in [0.15, 0.2) is 0 Å². The summed E-state index contributed by atoms with van der Waals surface area (Å²) < 4.78 is 0. The zero-order valence-corrected chi connectivity index (χ0v) is 9.51. The molecule has 0 aromatic rings. The normalized spacial score (nSPS) is 24.0. The summed E-state index contributed by atoms with van der Waals surface area (Å²) in [5.74, 6) is 0. The van der Waals surface area contributed by atoms with Crippen LogP contribution in [0.2, 0.25) is 0 Å². The lowest BCUT2D eigenvalue weighted by Gasteiger charge is -2.34. The van der Waals surface area contributed by atoms with Gasteiger partial charge in [0.2, 0.25) is 0 Å². The Morgan fingerprint density at radius 2 is 2.00 bits per heavy atom. The molecule has 4 heteroatoms. The summed E-state index contributed by atoms with van der Waals surface area (Å²) in [6, 6.07) is 0.791. The Morgan fingerprint density at radius 1 is 1.33 bits per heavy atom. The highest BCUT2D eigenvalue weighted by Crippen LogP contribution is 2.05. The quantitative estimate of drug-likeness (QED) is 0.751. The van der Waals surface area contributed by atoms with Gasteiger partial charge in [-0.2, -0.15) is 0 Å². The lowest BCUT2D eigenvalue weighted by Crippen LogP contribution is -2.50. The van der Waals surface area contributed by atoms with E-state index in [1.54, 1.807) is 0 Å². The zero-order valence-electron chi connectivity index (χ0n) is 7.88. The minimum atomic E-state index is 0. The molecule has 12 heavy (non-hydrogen) atoms. The van der Waals surface area contributed by atoms with Crippen molar-refractivity contribution < 1.29 is 0 Å². The Kier molecular flexibility index (Phi) is 10.1. The third-order valence-electron chi connectivity index (χ3n) is 2.35. The highest BCUT2D eigenvalue weighted by Gasteiger charge is 2.17. The molecule has 0 aromatic carbocycles. The van der Waals surface area contributed by atoms with Gasteiger partial charge >= 0.3 is 0 Å². The van der Waals surface area contributed by atoms with E-state index in [4.69, 9.17) is 0 Å². The van der Waals surface area contributed by atoms with Gasteiger partial charge in [0.05, 0.1) is 0 Å². The van der Waals surface area contributed by atoms with Crippen LogP contribution in [-0.2, 0) is 0 Å². The summed E-state index contributed by atoms with van der Waals surface area (Å²) in [5.41, 5.74) is 0. The van der Waals surface area contributed by atoms with Crippen LogP contribution in [0.5, 0.6) is 0 Å². The molecule has 1 fully saturated rings. The van der Waals surface area contributed by atoms with Gasteiger partial charge in [0.1, 0.15) is 0 Å². The van der Waals surface area contributed by atoms with Crippen molar-refractivity contribution in [2.75, 3.05) is 26.2 Å². The van der Waals surface area contributed by atoms with Crippen molar-refractivity contribution in [1.82, 2.24) is 10.2 Å². The van der Waals surface area contributed by atoms with Crippen molar-refractivity contribution in [3.8, 4) is 0 Å². The van der Waals surface area contributed by atoms with E-state index in [-0.39, 0.29) is 24.8 Å². The van der Waals surface area contributed by atoms with E-state index in [0.29, 0.717) is 0 Å². The number of hydrogen-bond acceptors (Lipinski definition) is 2. The van der Waals surface area contributed by atoms with E-state index < -0.39 is 0 Å². The molecule has 1 aliphatic rings. The minimum absolute atomic E-state index is 0. The lowest BCUT2D eigenvalue weighted by atomic mass is 10.1. The SMILES string of the molecule is CCC1CNCCN1CC.Cl.Cl. The fraction of sp³-hybridized carbons (Fsp3) is 1.00. The molecule has 1 rings (SSSR count). The van der Waals surface area contributed by atoms with Gasteiger partial charge in [0.25, 0.3) is 0 Å². The molecule has 1 heterocycles. The van der Waals surface area contributed by atoms with E-state index in [1.807, 2.05) is 0 Å². The van der Waals surface area contributed by atoms with Gasteiger partial charge in [-0.3, -0.25) is 4.90 Å². The van der Waals surface area contributed by atoms with Crippen LogP contribution in [-0.4, -0.2) is 37.1 Å². The molecule has 1 atom stereocenters. The predicted octanol–water partition coefficient (Wildman–Crippen LogP) is 1.53. The molecule has 0 bridgehead atoms. The summed E-state index contributed by atoms with van der Waals surface area (Å²) in [5, 5.41) is 3.41. The summed E-state index contributed by atoms with van der Waals surface area (Å²) in [4.78, 5) is 2.55. The van der Waals surface area contributed by atoms with Crippen molar-refractivity contribution in [2.24, 2.45) is 0 Å². The standard InChI is InChI=1S/C8H18N2.2ClH/c1-3-8-7-9-5-6-10(8)4-2;;/h8-9H,3-7H2,1-2H3;2*1H. The third kappa shape index (κ3) is 3.94. The van der Waals surface area contributed by atoms with E-state index in [9.17, 15) is 0 Å². The second kappa shape index (κ2) is 8.11. The van der Waals surface area contributed by atoms with Gasteiger partial charge in [-0.25, -0.2) is 0 Å². The van der Waals surface area contributed by atoms with Crippen LogP contribution in [0.1, 0.15) is 20.3 Å². The van der Waals surface area contributed by atoms with Gasteiger partial charge in [-0.1, -0.05) is 13.8 Å². The van der Waals surface area contributed by atoms with Crippen molar-refractivity contribution in [1.29, 1.82) is 0 Å². The third-order valence-corrected chi connectivity index (χ3v) is 2.35. The smallest absolute Gasteiger partial charge is 0.0218 e. The number of nitrogens with zero attached hydrogens (tertiary/aromatic N) is 1. The number of likely N-dealkylation sites (N-methyl/N-ethyl adjacent to an activating group) is 1. The molecule has 0 spiro atoms. The molecule has 1 unspecified atom stereocenters. The number of piperazine rings is 1. The first-order chi connectivity index (χ1) is 4.88.